The highest BCUT2D eigenvalue weighted by Crippen LogP contribution is 2.13. The molecule has 1 aromatic heterocycles. The predicted molar refractivity (Wildman–Crippen MR) is 71.6 cm³/mol. The minimum atomic E-state index is -0.323. The van der Waals surface area contributed by atoms with E-state index in [9.17, 15) is 4.79 Å². The zero-order chi connectivity index (χ0) is 13.0. The minimum absolute atomic E-state index is 0.197. The highest BCUT2D eigenvalue weighted by Gasteiger charge is 2.08. The maximum Gasteiger partial charge on any atom is 0.239 e. The van der Waals surface area contributed by atoms with E-state index in [1.54, 1.807) is 12.1 Å². The number of aromatic nitrogens is 1. The molecule has 0 saturated carbocycles. The topological polar surface area (TPSA) is 30.0 Å². The molecule has 0 saturated heterocycles. The number of nitrogens with zero attached hydrogens (tertiary/aromatic N) is 1. The number of hydrogen-bond donors (Lipinski definition) is 0. The summed E-state index contributed by atoms with van der Waals surface area (Å²) in [4.78, 5) is 15.9. The first-order chi connectivity index (χ1) is 8.66. The molecule has 1 heterocycles. The Hall–Kier alpha value is -2.11. The molecular formula is C15H10ClNO. The number of pyridine rings is 1. The van der Waals surface area contributed by atoms with E-state index >= 15 is 0 Å². The highest BCUT2D eigenvalue weighted by molar-refractivity contribution is 6.33. The van der Waals surface area contributed by atoms with Crippen LogP contribution in [0, 0.1) is 18.8 Å². The van der Waals surface area contributed by atoms with Gasteiger partial charge in [0.1, 0.15) is 5.15 Å². The lowest BCUT2D eigenvalue weighted by Gasteiger charge is -1.98. The second-order valence-corrected chi connectivity index (χ2v) is 4.09. The van der Waals surface area contributed by atoms with Gasteiger partial charge in [0, 0.05) is 11.3 Å². The van der Waals surface area contributed by atoms with Gasteiger partial charge in [0.2, 0.25) is 5.78 Å². The zero-order valence-corrected chi connectivity index (χ0v) is 10.5. The Bertz CT molecular complexity index is 639. The number of carbonyl (C=O) groups excluding carboxylic acids is 1. The van der Waals surface area contributed by atoms with E-state index in [1.807, 2.05) is 37.3 Å². The molecule has 0 aliphatic rings. The number of hydrogen-bond acceptors (Lipinski definition) is 2. The van der Waals surface area contributed by atoms with Crippen molar-refractivity contribution in [3.05, 3.63) is 64.4 Å². The normalized spacial score (nSPS) is 9.44. The second kappa shape index (κ2) is 5.48. The molecule has 0 bridgehead atoms. The lowest BCUT2D eigenvalue weighted by molar-refractivity contribution is 0.105. The molecule has 88 valence electrons. The van der Waals surface area contributed by atoms with Crippen LogP contribution in [0.2, 0.25) is 5.15 Å². The smallest absolute Gasteiger partial charge is 0.239 e. The molecule has 0 aliphatic carbocycles. The predicted octanol–water partition coefficient (Wildman–Crippen LogP) is 3.28. The van der Waals surface area contributed by atoms with Crippen LogP contribution in [-0.4, -0.2) is 10.8 Å². The third-order valence-corrected chi connectivity index (χ3v) is 2.61. The summed E-state index contributed by atoms with van der Waals surface area (Å²) >= 11 is 5.91. The molecule has 2 nitrogen and oxygen atoms in total. The van der Waals surface area contributed by atoms with Crippen molar-refractivity contribution in [3.63, 3.8) is 0 Å². The molecule has 0 atom stereocenters. The fourth-order valence-corrected chi connectivity index (χ4v) is 1.69. The first-order valence-electron chi connectivity index (χ1n) is 5.41. The number of carbonyl (C=O) groups is 1. The summed E-state index contributed by atoms with van der Waals surface area (Å²) < 4.78 is 0. The van der Waals surface area contributed by atoms with Crippen molar-refractivity contribution in [2.45, 2.75) is 6.92 Å². The average molecular weight is 256 g/mol. The van der Waals surface area contributed by atoms with Crippen LogP contribution in [0.25, 0.3) is 0 Å². The third-order valence-electron chi connectivity index (χ3n) is 2.33. The van der Waals surface area contributed by atoms with Crippen molar-refractivity contribution in [1.29, 1.82) is 0 Å². The maximum absolute atomic E-state index is 11.9. The van der Waals surface area contributed by atoms with Crippen LogP contribution >= 0.6 is 11.6 Å². The molecule has 0 unspecified atom stereocenters. The molecule has 0 N–H and O–H groups in total. The number of ketones is 1. The fourth-order valence-electron chi connectivity index (χ4n) is 1.41. The maximum atomic E-state index is 11.9. The molecule has 0 amide bonds. The van der Waals surface area contributed by atoms with E-state index in [-0.39, 0.29) is 10.9 Å². The Morgan fingerprint density at radius 1 is 1.17 bits per heavy atom. The third kappa shape index (κ3) is 2.97. The Morgan fingerprint density at radius 2 is 1.89 bits per heavy atom. The second-order valence-electron chi connectivity index (χ2n) is 3.74. The molecule has 0 radical (unpaired) electrons. The van der Waals surface area contributed by atoms with Crippen molar-refractivity contribution >= 4 is 17.4 Å². The van der Waals surface area contributed by atoms with Gasteiger partial charge in [-0.2, -0.15) is 0 Å². The number of halogens is 1. The van der Waals surface area contributed by atoms with Gasteiger partial charge in [-0.25, -0.2) is 4.98 Å². The number of rotatable bonds is 1. The van der Waals surface area contributed by atoms with Crippen LogP contribution in [0.3, 0.4) is 0 Å². The van der Waals surface area contributed by atoms with Crippen molar-refractivity contribution in [2.24, 2.45) is 0 Å². The summed E-state index contributed by atoms with van der Waals surface area (Å²) in [5, 5.41) is 0.197. The first-order valence-corrected chi connectivity index (χ1v) is 5.79. The molecule has 1 aromatic carbocycles. The lowest BCUT2D eigenvalue weighted by atomic mass is 10.1. The summed E-state index contributed by atoms with van der Waals surface area (Å²) in [6, 6.07) is 12.7. The zero-order valence-electron chi connectivity index (χ0n) is 9.77. The van der Waals surface area contributed by atoms with E-state index in [1.165, 1.54) is 0 Å². The van der Waals surface area contributed by atoms with Crippen LogP contribution < -0.4 is 0 Å². The van der Waals surface area contributed by atoms with Gasteiger partial charge in [0.25, 0.3) is 0 Å². The standard InChI is InChI=1S/C15H10ClNO/c1-11-7-9-13(15(16)17-11)14(18)10-8-12-5-3-2-4-6-12/h2-7,9H,1H3. The van der Waals surface area contributed by atoms with E-state index in [4.69, 9.17) is 11.6 Å². The van der Waals surface area contributed by atoms with Gasteiger partial charge < -0.3 is 0 Å². The summed E-state index contributed by atoms with van der Waals surface area (Å²) in [6.07, 6.45) is 0. The molecule has 2 aromatic rings. The highest BCUT2D eigenvalue weighted by atomic mass is 35.5. The van der Waals surface area contributed by atoms with Crippen LogP contribution in [-0.2, 0) is 0 Å². The van der Waals surface area contributed by atoms with E-state index < -0.39 is 0 Å². The number of Topliss-reactive ketones (excluding diaryl/α,β-unsaturated/α-hetero) is 1. The average Bonchev–Trinajstić information content (AvgIpc) is 2.37. The Morgan fingerprint density at radius 3 is 2.56 bits per heavy atom. The lowest BCUT2D eigenvalue weighted by Crippen LogP contribution is -1.98. The SMILES string of the molecule is Cc1ccc(C(=O)C#Cc2ccccc2)c(Cl)n1. The minimum Gasteiger partial charge on any atom is -0.279 e. The first kappa shape index (κ1) is 12.3. The van der Waals surface area contributed by atoms with E-state index in [2.05, 4.69) is 16.8 Å². The van der Waals surface area contributed by atoms with E-state index in [0.717, 1.165) is 11.3 Å². The summed E-state index contributed by atoms with van der Waals surface area (Å²) in [7, 11) is 0. The fraction of sp³-hybridized carbons (Fsp3) is 0.0667. The van der Waals surface area contributed by atoms with Crippen LogP contribution in [0.15, 0.2) is 42.5 Å². The molecule has 3 heteroatoms. The van der Waals surface area contributed by atoms with Gasteiger partial charge in [0.05, 0.1) is 5.56 Å². The molecule has 2 rings (SSSR count). The van der Waals surface area contributed by atoms with Gasteiger partial charge in [-0.3, -0.25) is 4.79 Å². The molecule has 0 fully saturated rings. The van der Waals surface area contributed by atoms with Gasteiger partial charge in [0.15, 0.2) is 0 Å². The van der Waals surface area contributed by atoms with Crippen molar-refractivity contribution < 1.29 is 4.79 Å². The van der Waals surface area contributed by atoms with Crippen LogP contribution in [0.4, 0.5) is 0 Å². The van der Waals surface area contributed by atoms with E-state index in [0.29, 0.717) is 5.56 Å². The van der Waals surface area contributed by atoms with Gasteiger partial charge >= 0.3 is 0 Å². The number of benzene rings is 1. The molecule has 18 heavy (non-hydrogen) atoms. The summed E-state index contributed by atoms with van der Waals surface area (Å²) in [5.74, 6) is 5.04. The Balaban J connectivity index is 2.26. The number of aryl methyl sites for hydroxylation is 1. The van der Waals surface area contributed by atoms with Gasteiger partial charge in [-0.05, 0) is 37.1 Å². The van der Waals surface area contributed by atoms with Crippen molar-refractivity contribution in [1.82, 2.24) is 4.98 Å². The van der Waals surface area contributed by atoms with Crippen molar-refractivity contribution in [3.8, 4) is 11.8 Å². The van der Waals surface area contributed by atoms with Crippen LogP contribution in [0.5, 0.6) is 0 Å². The van der Waals surface area contributed by atoms with Gasteiger partial charge in [-0.1, -0.05) is 35.7 Å². The quantitative estimate of drug-likeness (QED) is 0.445. The van der Waals surface area contributed by atoms with Crippen LogP contribution in [0.1, 0.15) is 21.6 Å². The summed E-state index contributed by atoms with van der Waals surface area (Å²) in [6.45, 7) is 1.82. The molecular weight excluding hydrogens is 246 g/mol. The Labute approximate surface area is 111 Å². The summed E-state index contributed by atoms with van der Waals surface area (Å²) in [5.41, 5.74) is 1.90. The monoisotopic (exact) mass is 255 g/mol. The van der Waals surface area contributed by atoms with Crippen molar-refractivity contribution in [2.75, 3.05) is 0 Å². The van der Waals surface area contributed by atoms with Gasteiger partial charge in [-0.15, -0.1) is 0 Å². The largest absolute Gasteiger partial charge is 0.279 e. The Kier molecular flexibility index (Phi) is 3.76. The molecule has 0 aliphatic heterocycles. The molecule has 0 spiro atoms.